The first-order chi connectivity index (χ1) is 4.74. The van der Waals surface area contributed by atoms with Crippen molar-refractivity contribution in [3.05, 3.63) is 28.2 Å². The van der Waals surface area contributed by atoms with Gasteiger partial charge in [-0.2, -0.15) is 0 Å². The number of rotatable bonds is 1. The zero-order valence-electron chi connectivity index (χ0n) is 5.16. The van der Waals surface area contributed by atoms with Gasteiger partial charge >= 0.3 is 0 Å². The van der Waals surface area contributed by atoms with Crippen LogP contribution in [0.5, 0.6) is 0 Å². The van der Waals surface area contributed by atoms with Crippen LogP contribution >= 0.6 is 12.6 Å². The number of nitrogens with one attached hydrogen (secondary N) is 1. The van der Waals surface area contributed by atoms with Gasteiger partial charge in [-0.25, -0.2) is 0 Å². The van der Waals surface area contributed by atoms with E-state index < -0.39 is 0 Å². The van der Waals surface area contributed by atoms with Crippen LogP contribution in [-0.2, 0) is 6.61 Å². The highest BCUT2D eigenvalue weighted by atomic mass is 32.1. The highest BCUT2D eigenvalue weighted by Gasteiger charge is 1.94. The van der Waals surface area contributed by atoms with Gasteiger partial charge in [0.25, 0.3) is 0 Å². The summed E-state index contributed by atoms with van der Waals surface area (Å²) in [5, 5.41) is 8.56. The molecule has 0 atom stereocenters. The lowest BCUT2D eigenvalue weighted by molar-refractivity contribution is 0.276. The molecular formula is C6H7NO2S. The van der Waals surface area contributed by atoms with Gasteiger partial charge in [0.2, 0.25) is 0 Å². The molecule has 0 bridgehead atoms. The number of H-pyrrole nitrogens is 1. The molecular weight excluding hydrogens is 150 g/mol. The number of hydrogen-bond acceptors (Lipinski definition) is 3. The first kappa shape index (κ1) is 7.37. The van der Waals surface area contributed by atoms with Crippen LogP contribution in [0.15, 0.2) is 22.0 Å². The lowest BCUT2D eigenvalue weighted by Crippen LogP contribution is -2.04. The molecule has 0 fully saturated rings. The van der Waals surface area contributed by atoms with Gasteiger partial charge in [0.1, 0.15) is 0 Å². The summed E-state index contributed by atoms with van der Waals surface area (Å²) in [4.78, 5) is 13.9. The molecule has 10 heavy (non-hydrogen) atoms. The molecule has 0 radical (unpaired) electrons. The Kier molecular flexibility index (Phi) is 2.13. The molecule has 2 N–H and O–H groups in total. The summed E-state index contributed by atoms with van der Waals surface area (Å²) in [6.07, 6.45) is 1.46. The third-order valence-electron chi connectivity index (χ3n) is 1.12. The van der Waals surface area contributed by atoms with Gasteiger partial charge in [-0.1, -0.05) is 0 Å². The van der Waals surface area contributed by atoms with E-state index in [0.29, 0.717) is 10.6 Å². The molecule has 3 nitrogen and oxygen atoms in total. The van der Waals surface area contributed by atoms with Gasteiger partial charge in [0.05, 0.1) is 11.5 Å². The fraction of sp³-hybridized carbons (Fsp3) is 0.167. The summed E-state index contributed by atoms with van der Waals surface area (Å²) in [7, 11) is 0. The monoisotopic (exact) mass is 157 g/mol. The quantitative estimate of drug-likeness (QED) is 0.508. The summed E-state index contributed by atoms with van der Waals surface area (Å²) in [5.74, 6) is 0. The minimum Gasteiger partial charge on any atom is -0.390 e. The molecule has 0 saturated carbocycles. The van der Waals surface area contributed by atoms with Crippen molar-refractivity contribution in [3.8, 4) is 0 Å². The standard InChI is InChI=1S/C6H7NO2S/c8-3-4-1-5(9)6(10)2-7-4/h1-2,8,10H,3H2,(H,7,9). The number of aliphatic hydroxyl groups excluding tert-OH is 1. The molecule has 1 aromatic heterocycles. The summed E-state index contributed by atoms with van der Waals surface area (Å²) in [5.41, 5.74) is 0.328. The lowest BCUT2D eigenvalue weighted by atomic mass is 10.4. The van der Waals surface area contributed by atoms with Crippen LogP contribution in [0.4, 0.5) is 0 Å². The van der Waals surface area contributed by atoms with Crippen molar-refractivity contribution in [2.24, 2.45) is 0 Å². The summed E-state index contributed by atoms with van der Waals surface area (Å²) < 4.78 is 0. The Morgan fingerprint density at radius 2 is 2.40 bits per heavy atom. The minimum atomic E-state index is -0.175. The molecule has 1 heterocycles. The molecule has 4 heteroatoms. The van der Waals surface area contributed by atoms with Gasteiger partial charge < -0.3 is 10.1 Å². The smallest absolute Gasteiger partial charge is 0.195 e. The Morgan fingerprint density at radius 3 is 2.90 bits per heavy atom. The number of thiol groups is 1. The fourth-order valence-corrected chi connectivity index (χ4v) is 0.726. The van der Waals surface area contributed by atoms with Crippen molar-refractivity contribution >= 4 is 12.6 Å². The molecule has 1 rings (SSSR count). The van der Waals surface area contributed by atoms with Crippen LogP contribution in [0.1, 0.15) is 5.69 Å². The predicted octanol–water partition coefficient (Wildman–Crippen LogP) is 0.156. The SMILES string of the molecule is O=c1cc(CO)[nH]cc1S. The maximum absolute atomic E-state index is 10.8. The van der Waals surface area contributed by atoms with Crippen molar-refractivity contribution in [1.29, 1.82) is 0 Å². The van der Waals surface area contributed by atoms with Crippen molar-refractivity contribution in [2.75, 3.05) is 0 Å². The predicted molar refractivity (Wildman–Crippen MR) is 40.2 cm³/mol. The van der Waals surface area contributed by atoms with E-state index >= 15 is 0 Å². The second-order valence-corrected chi connectivity index (χ2v) is 2.35. The van der Waals surface area contributed by atoms with E-state index in [9.17, 15) is 4.79 Å². The Morgan fingerprint density at radius 1 is 1.70 bits per heavy atom. The van der Waals surface area contributed by atoms with Gasteiger partial charge in [0, 0.05) is 18.0 Å². The van der Waals surface area contributed by atoms with Crippen LogP contribution in [0, 0.1) is 0 Å². The Hall–Kier alpha value is -0.740. The molecule has 0 amide bonds. The van der Waals surface area contributed by atoms with Crippen molar-refractivity contribution in [3.63, 3.8) is 0 Å². The largest absolute Gasteiger partial charge is 0.390 e. The molecule has 0 saturated heterocycles. The second kappa shape index (κ2) is 2.90. The number of aromatic nitrogens is 1. The first-order valence-corrected chi connectivity index (χ1v) is 3.20. The summed E-state index contributed by atoms with van der Waals surface area (Å²) >= 11 is 3.86. The topological polar surface area (TPSA) is 53.1 Å². The average molecular weight is 157 g/mol. The highest BCUT2D eigenvalue weighted by Crippen LogP contribution is 1.96. The van der Waals surface area contributed by atoms with E-state index in [-0.39, 0.29) is 12.0 Å². The lowest BCUT2D eigenvalue weighted by Gasteiger charge is -1.94. The van der Waals surface area contributed by atoms with Crippen LogP contribution in [0.3, 0.4) is 0 Å². The van der Waals surface area contributed by atoms with Crippen molar-refractivity contribution < 1.29 is 5.11 Å². The molecule has 1 aromatic rings. The molecule has 0 spiro atoms. The van der Waals surface area contributed by atoms with E-state index in [1.54, 1.807) is 0 Å². The number of aromatic amines is 1. The van der Waals surface area contributed by atoms with E-state index in [1.165, 1.54) is 12.3 Å². The normalized spacial score (nSPS) is 9.80. The average Bonchev–Trinajstić information content (AvgIpc) is 1.95. The Bertz CT molecular complexity index is 281. The summed E-state index contributed by atoms with van der Waals surface area (Å²) in [6.45, 7) is -0.150. The molecule has 0 unspecified atom stereocenters. The number of hydrogen-bond donors (Lipinski definition) is 3. The third kappa shape index (κ3) is 1.40. The third-order valence-corrected chi connectivity index (χ3v) is 1.47. The Labute approximate surface area is 63.1 Å². The molecule has 0 aliphatic carbocycles. The van der Waals surface area contributed by atoms with E-state index in [2.05, 4.69) is 17.6 Å². The zero-order valence-corrected chi connectivity index (χ0v) is 6.06. The number of pyridine rings is 1. The van der Waals surface area contributed by atoms with Crippen LogP contribution in [0.25, 0.3) is 0 Å². The van der Waals surface area contributed by atoms with Gasteiger partial charge in [-0.05, 0) is 0 Å². The van der Waals surface area contributed by atoms with Gasteiger partial charge in [-0.15, -0.1) is 12.6 Å². The van der Waals surface area contributed by atoms with E-state index in [4.69, 9.17) is 5.11 Å². The fourth-order valence-electron chi connectivity index (χ4n) is 0.597. The molecule has 0 aliphatic heterocycles. The van der Waals surface area contributed by atoms with Crippen molar-refractivity contribution in [1.82, 2.24) is 4.98 Å². The second-order valence-electron chi connectivity index (χ2n) is 1.87. The molecule has 0 aliphatic rings. The maximum Gasteiger partial charge on any atom is 0.195 e. The maximum atomic E-state index is 10.8. The molecule has 54 valence electrons. The van der Waals surface area contributed by atoms with Crippen LogP contribution in [0.2, 0.25) is 0 Å². The van der Waals surface area contributed by atoms with Crippen LogP contribution < -0.4 is 5.43 Å². The van der Waals surface area contributed by atoms with E-state index in [0.717, 1.165) is 0 Å². The van der Waals surface area contributed by atoms with E-state index in [1.807, 2.05) is 0 Å². The molecule has 0 aromatic carbocycles. The van der Waals surface area contributed by atoms with Gasteiger partial charge in [-0.3, -0.25) is 4.79 Å². The van der Waals surface area contributed by atoms with Gasteiger partial charge in [0.15, 0.2) is 5.43 Å². The van der Waals surface area contributed by atoms with Crippen LogP contribution in [-0.4, -0.2) is 10.1 Å². The number of aliphatic hydroxyl groups is 1. The zero-order chi connectivity index (χ0) is 7.56. The Balaban J connectivity index is 3.17. The minimum absolute atomic E-state index is 0.150. The summed E-state index contributed by atoms with van der Waals surface area (Å²) in [6, 6.07) is 1.32. The first-order valence-electron chi connectivity index (χ1n) is 2.75. The highest BCUT2D eigenvalue weighted by molar-refractivity contribution is 7.80. The van der Waals surface area contributed by atoms with Crippen molar-refractivity contribution in [2.45, 2.75) is 11.5 Å².